The first-order valence-electron chi connectivity index (χ1n) is 29.9. The zero-order valence-corrected chi connectivity index (χ0v) is 46.8. The number of nitrogens with one attached hydrogen (secondary N) is 1. The molecule has 424 valence electrons. The van der Waals surface area contributed by atoms with E-state index in [1.165, 1.54) is 205 Å². The fourth-order valence-corrected chi connectivity index (χ4v) is 10.1. The van der Waals surface area contributed by atoms with Gasteiger partial charge in [0, 0.05) is 6.42 Å². The molecule has 0 spiro atoms. The van der Waals surface area contributed by atoms with Gasteiger partial charge in [-0.05, 0) is 51.4 Å². The highest BCUT2D eigenvalue weighted by Crippen LogP contribution is 2.26. The third kappa shape index (κ3) is 40.6. The average Bonchev–Trinajstić information content (AvgIpc) is 3.36. The Labute approximate surface area is 441 Å². The molecule has 1 aliphatic heterocycles. The van der Waals surface area contributed by atoms with Gasteiger partial charge in [0.2, 0.25) is 5.91 Å². The monoisotopic (exact) mass is 1040 g/mol. The van der Waals surface area contributed by atoms with Crippen molar-refractivity contribution in [2.75, 3.05) is 13.2 Å². The minimum atomic E-state index is -5.09. The molecule has 0 saturated carbocycles. The smallest absolute Gasteiger partial charge is 0.394 e. The lowest BCUT2D eigenvalue weighted by Gasteiger charge is -2.41. The van der Waals surface area contributed by atoms with E-state index in [0.717, 1.165) is 44.9 Å². The Bertz CT molecular complexity index is 1410. The maximum Gasteiger partial charge on any atom is 0.397 e. The number of carbonyl (C=O) groups excluding carboxylic acids is 1. The number of unbranched alkanes of at least 4 members (excludes halogenated alkanes) is 36. The van der Waals surface area contributed by atoms with Gasteiger partial charge >= 0.3 is 10.4 Å². The number of amides is 1. The molecule has 6 N–H and O–H groups in total. The lowest BCUT2D eigenvalue weighted by Crippen LogP contribution is -2.61. The molecule has 7 atom stereocenters. The van der Waals surface area contributed by atoms with Crippen LogP contribution in [0, 0.1) is 0 Å². The molecule has 72 heavy (non-hydrogen) atoms. The Morgan fingerprint density at radius 1 is 0.556 bits per heavy atom. The summed E-state index contributed by atoms with van der Waals surface area (Å²) >= 11 is 0. The van der Waals surface area contributed by atoms with Gasteiger partial charge in [-0.1, -0.05) is 256 Å². The van der Waals surface area contributed by atoms with E-state index in [9.17, 15) is 38.2 Å². The summed E-state index contributed by atoms with van der Waals surface area (Å²) in [4.78, 5) is 13.1. The Kier molecular flexibility index (Phi) is 46.4. The molecule has 0 aromatic rings. The van der Waals surface area contributed by atoms with Gasteiger partial charge in [-0.15, -0.1) is 0 Å². The molecule has 13 heteroatoms. The second-order valence-electron chi connectivity index (χ2n) is 20.9. The first kappa shape index (κ1) is 68.3. The summed E-state index contributed by atoms with van der Waals surface area (Å²) in [5.74, 6) is -0.260. The summed E-state index contributed by atoms with van der Waals surface area (Å²) in [6.45, 7) is 3.41. The molecular formula is C59H111NO11S. The lowest BCUT2D eigenvalue weighted by molar-refractivity contribution is -0.298. The van der Waals surface area contributed by atoms with Crippen LogP contribution in [0.3, 0.4) is 0 Å². The number of aliphatic hydroxyl groups is 4. The fraction of sp³-hybridized carbons (Fsp3) is 0.881. The molecule has 7 unspecified atom stereocenters. The Hall–Kier alpha value is -1.68. The molecule has 1 amide bonds. The SMILES string of the molecule is CCCCCCCCCCC/C=C\C/C=C\CCCCCCCCCCCCCCCCCC(=O)NC(COC1OC(CO)C(O)C(OS(=O)(=O)O)C1O)C(O)/C=C/CCCCCCCCCCCCCC. The van der Waals surface area contributed by atoms with Crippen LogP contribution in [0.25, 0.3) is 0 Å². The minimum Gasteiger partial charge on any atom is -0.394 e. The highest BCUT2D eigenvalue weighted by Gasteiger charge is 2.48. The molecular weight excluding hydrogens is 931 g/mol. The third-order valence-corrected chi connectivity index (χ3v) is 14.6. The van der Waals surface area contributed by atoms with E-state index in [1.54, 1.807) is 6.08 Å². The van der Waals surface area contributed by atoms with Crippen molar-refractivity contribution in [2.24, 2.45) is 0 Å². The van der Waals surface area contributed by atoms with E-state index < -0.39 is 59.9 Å². The summed E-state index contributed by atoms with van der Waals surface area (Å²) in [5.41, 5.74) is 0. The van der Waals surface area contributed by atoms with Gasteiger partial charge in [-0.25, -0.2) is 4.18 Å². The van der Waals surface area contributed by atoms with Crippen LogP contribution in [0.1, 0.15) is 277 Å². The summed E-state index contributed by atoms with van der Waals surface area (Å²) in [5, 5.41) is 44.9. The van der Waals surface area contributed by atoms with Crippen molar-refractivity contribution in [2.45, 2.75) is 320 Å². The minimum absolute atomic E-state index is 0.260. The van der Waals surface area contributed by atoms with Crippen LogP contribution >= 0.6 is 0 Å². The average molecular weight is 1040 g/mol. The van der Waals surface area contributed by atoms with Crippen molar-refractivity contribution in [3.63, 3.8) is 0 Å². The van der Waals surface area contributed by atoms with Crippen molar-refractivity contribution in [3.05, 3.63) is 36.5 Å². The van der Waals surface area contributed by atoms with E-state index in [2.05, 4.69) is 47.7 Å². The largest absolute Gasteiger partial charge is 0.397 e. The summed E-state index contributed by atoms with van der Waals surface area (Å²) in [6.07, 6.45) is 53.5. The number of rotatable bonds is 52. The normalized spacial score (nSPS) is 19.6. The van der Waals surface area contributed by atoms with Crippen molar-refractivity contribution < 1.29 is 51.8 Å². The molecule has 0 aliphatic carbocycles. The molecule has 1 saturated heterocycles. The van der Waals surface area contributed by atoms with Gasteiger partial charge in [0.1, 0.15) is 24.4 Å². The van der Waals surface area contributed by atoms with Crippen LogP contribution in [0.4, 0.5) is 0 Å². The molecule has 0 aromatic carbocycles. The van der Waals surface area contributed by atoms with E-state index >= 15 is 0 Å². The van der Waals surface area contributed by atoms with Crippen LogP contribution in [0.2, 0.25) is 0 Å². The van der Waals surface area contributed by atoms with E-state index in [1.807, 2.05) is 6.08 Å². The molecule has 0 bridgehead atoms. The number of allylic oxidation sites excluding steroid dienone is 5. The van der Waals surface area contributed by atoms with Crippen LogP contribution in [-0.4, -0.2) is 95.4 Å². The van der Waals surface area contributed by atoms with Gasteiger partial charge in [-0.3, -0.25) is 9.35 Å². The van der Waals surface area contributed by atoms with Crippen LogP contribution in [0.5, 0.6) is 0 Å². The summed E-state index contributed by atoms with van der Waals surface area (Å²) in [6, 6.07) is -0.943. The fourth-order valence-electron chi connectivity index (χ4n) is 9.55. The van der Waals surface area contributed by atoms with Gasteiger partial charge in [0.15, 0.2) is 6.29 Å². The predicted molar refractivity (Wildman–Crippen MR) is 296 cm³/mol. The predicted octanol–water partition coefficient (Wildman–Crippen LogP) is 14.2. The third-order valence-electron chi connectivity index (χ3n) is 14.2. The van der Waals surface area contributed by atoms with Crippen molar-refractivity contribution >= 4 is 16.3 Å². The van der Waals surface area contributed by atoms with Crippen LogP contribution in [0.15, 0.2) is 36.5 Å². The lowest BCUT2D eigenvalue weighted by atomic mass is 9.99. The number of hydrogen-bond acceptors (Lipinski definition) is 10. The molecule has 1 fully saturated rings. The number of carbonyl (C=O) groups is 1. The molecule has 1 aliphatic rings. The van der Waals surface area contributed by atoms with Crippen LogP contribution in [-0.2, 0) is 28.9 Å². The molecule has 0 aromatic heterocycles. The second kappa shape index (κ2) is 48.9. The van der Waals surface area contributed by atoms with Crippen molar-refractivity contribution in [1.82, 2.24) is 5.32 Å². The van der Waals surface area contributed by atoms with Crippen molar-refractivity contribution in [1.29, 1.82) is 0 Å². The number of hydrogen-bond donors (Lipinski definition) is 6. The molecule has 1 heterocycles. The standard InChI is InChI=1S/C59H111NO11S/c1-3-5-7-9-11-13-15-17-19-20-21-22-23-24-25-26-27-28-29-30-31-32-33-34-35-37-39-41-43-45-47-49-55(63)60-52(51-69-59-57(65)58(71-72(66,67)68)56(64)54(50-61)70-59)53(62)48-46-44-42-40-38-36-18-16-14-12-10-8-6-4-2/h21-22,24-25,46,48,52-54,56-59,61-62,64-65H,3-20,23,26-45,47,49-51H2,1-2H3,(H,60,63)(H,66,67,68)/b22-21-,25-24-,48-46+. The quantitative estimate of drug-likeness (QED) is 0.0193. The zero-order chi connectivity index (χ0) is 52.6. The maximum atomic E-state index is 13.1. The highest BCUT2D eigenvalue weighted by molar-refractivity contribution is 7.80. The van der Waals surface area contributed by atoms with E-state index in [-0.39, 0.29) is 18.9 Å². The van der Waals surface area contributed by atoms with Crippen molar-refractivity contribution in [3.8, 4) is 0 Å². The van der Waals surface area contributed by atoms with Gasteiger partial charge in [-0.2, -0.15) is 8.42 Å². The van der Waals surface area contributed by atoms with Crippen LogP contribution < -0.4 is 5.32 Å². The first-order valence-corrected chi connectivity index (χ1v) is 31.2. The Balaban J connectivity index is 2.27. The summed E-state index contributed by atoms with van der Waals surface area (Å²) < 4.78 is 47.8. The van der Waals surface area contributed by atoms with E-state index in [0.29, 0.717) is 6.42 Å². The summed E-state index contributed by atoms with van der Waals surface area (Å²) in [7, 11) is -5.09. The second-order valence-corrected chi connectivity index (χ2v) is 22.0. The molecule has 0 radical (unpaired) electrons. The topological polar surface area (TPSA) is 192 Å². The molecule has 12 nitrogen and oxygen atoms in total. The Morgan fingerprint density at radius 2 is 0.931 bits per heavy atom. The maximum absolute atomic E-state index is 13.1. The first-order chi connectivity index (χ1) is 35.0. The number of aliphatic hydroxyl groups excluding tert-OH is 4. The van der Waals surface area contributed by atoms with Gasteiger partial charge < -0.3 is 35.2 Å². The Morgan fingerprint density at radius 3 is 1.32 bits per heavy atom. The van der Waals surface area contributed by atoms with Gasteiger partial charge in [0.25, 0.3) is 0 Å². The zero-order valence-electron chi connectivity index (χ0n) is 46.0. The van der Waals surface area contributed by atoms with E-state index in [4.69, 9.17) is 9.47 Å². The van der Waals surface area contributed by atoms with Gasteiger partial charge in [0.05, 0.1) is 25.4 Å². The highest BCUT2D eigenvalue weighted by atomic mass is 32.3. The number of ether oxygens (including phenoxy) is 2. The molecule has 1 rings (SSSR count).